The highest BCUT2D eigenvalue weighted by molar-refractivity contribution is 5.73. The zero-order chi connectivity index (χ0) is 24.7. The fourth-order valence-electron chi connectivity index (χ4n) is 4.12. The van der Waals surface area contributed by atoms with Crippen LogP contribution < -0.4 is 10.6 Å². The molecule has 2 atom stereocenters. The number of hydrogen-bond acceptors (Lipinski definition) is 4. The minimum atomic E-state index is -0.966. The molecular formula is C27H32F2N2O3. The number of furan rings is 1. The van der Waals surface area contributed by atoms with Crippen LogP contribution in [0.4, 0.5) is 8.78 Å². The first kappa shape index (κ1) is 25.6. The van der Waals surface area contributed by atoms with Crippen molar-refractivity contribution in [2.45, 2.75) is 52.3 Å². The van der Waals surface area contributed by atoms with Gasteiger partial charge in [0.1, 0.15) is 11.6 Å². The Morgan fingerprint density at radius 3 is 2.38 bits per heavy atom. The Bertz CT molecular complexity index is 1060. The van der Waals surface area contributed by atoms with E-state index in [2.05, 4.69) is 42.7 Å². The summed E-state index contributed by atoms with van der Waals surface area (Å²) in [7, 11) is 0. The summed E-state index contributed by atoms with van der Waals surface area (Å²) in [5, 5.41) is 16.7. The predicted molar refractivity (Wildman–Crippen MR) is 128 cm³/mol. The van der Waals surface area contributed by atoms with Crippen LogP contribution in [-0.4, -0.2) is 29.7 Å². The summed E-state index contributed by atoms with van der Waals surface area (Å²) in [6.45, 7) is 6.36. The summed E-state index contributed by atoms with van der Waals surface area (Å²) in [4.78, 5) is 11.7. The first-order chi connectivity index (χ1) is 16.2. The molecule has 1 amide bonds. The number of nitrogens with one attached hydrogen (secondary N) is 2. The Morgan fingerprint density at radius 2 is 1.76 bits per heavy atom. The molecule has 3 rings (SSSR count). The van der Waals surface area contributed by atoms with E-state index in [1.54, 1.807) is 12.5 Å². The minimum Gasteiger partial charge on any atom is -0.472 e. The van der Waals surface area contributed by atoms with Crippen molar-refractivity contribution in [3.63, 3.8) is 0 Å². The number of benzene rings is 2. The molecule has 182 valence electrons. The standard InChI is InChI=1S/C27H32F2N2O3/c1-17(2)8-19-4-5-25(21-6-7-34-16-21)22(9-19)14-30-15-27(33)26(31-18(3)32)12-20-10-23(28)13-24(29)11-20/h4-7,9-11,13,16-17,26-27,30,33H,8,12,14-15H2,1-3H3,(H,31,32)/t26-,27+/m0/s1. The highest BCUT2D eigenvalue weighted by Gasteiger charge is 2.21. The highest BCUT2D eigenvalue weighted by atomic mass is 19.1. The van der Waals surface area contributed by atoms with Gasteiger partial charge in [0.15, 0.2) is 0 Å². The molecule has 7 heteroatoms. The monoisotopic (exact) mass is 470 g/mol. The van der Waals surface area contributed by atoms with Crippen LogP contribution in [0.25, 0.3) is 11.1 Å². The lowest BCUT2D eigenvalue weighted by atomic mass is 9.95. The molecule has 0 aliphatic heterocycles. The molecule has 0 aliphatic carbocycles. The minimum absolute atomic E-state index is 0.0985. The van der Waals surface area contributed by atoms with Crippen LogP contribution in [0.2, 0.25) is 0 Å². The molecule has 1 heterocycles. The molecule has 0 saturated heterocycles. The number of amides is 1. The van der Waals surface area contributed by atoms with E-state index in [0.29, 0.717) is 18.0 Å². The van der Waals surface area contributed by atoms with Gasteiger partial charge in [-0.15, -0.1) is 0 Å². The Hall–Kier alpha value is -3.03. The van der Waals surface area contributed by atoms with Gasteiger partial charge in [0.05, 0.1) is 24.7 Å². The molecule has 34 heavy (non-hydrogen) atoms. The lowest BCUT2D eigenvalue weighted by Gasteiger charge is -2.24. The average molecular weight is 471 g/mol. The van der Waals surface area contributed by atoms with Crippen LogP contribution in [0, 0.1) is 17.6 Å². The fourth-order valence-corrected chi connectivity index (χ4v) is 4.12. The van der Waals surface area contributed by atoms with Gasteiger partial charge in [0.2, 0.25) is 5.91 Å². The smallest absolute Gasteiger partial charge is 0.217 e. The van der Waals surface area contributed by atoms with E-state index in [1.165, 1.54) is 24.6 Å². The normalized spacial score (nSPS) is 13.1. The predicted octanol–water partition coefficient (Wildman–Crippen LogP) is 4.62. The second-order valence-corrected chi connectivity index (χ2v) is 9.09. The molecule has 1 aromatic heterocycles. The van der Waals surface area contributed by atoms with Crippen molar-refractivity contribution in [2.24, 2.45) is 5.92 Å². The number of carbonyl (C=O) groups excluding carboxylic acids is 1. The second-order valence-electron chi connectivity index (χ2n) is 9.09. The van der Waals surface area contributed by atoms with Crippen LogP contribution in [-0.2, 0) is 24.2 Å². The Morgan fingerprint density at radius 1 is 1.03 bits per heavy atom. The van der Waals surface area contributed by atoms with Gasteiger partial charge in [0.25, 0.3) is 0 Å². The van der Waals surface area contributed by atoms with E-state index in [0.717, 1.165) is 29.2 Å². The molecule has 5 nitrogen and oxygen atoms in total. The van der Waals surface area contributed by atoms with Crippen molar-refractivity contribution >= 4 is 5.91 Å². The maximum Gasteiger partial charge on any atom is 0.217 e. The summed E-state index contributed by atoms with van der Waals surface area (Å²) >= 11 is 0. The molecule has 2 aromatic carbocycles. The van der Waals surface area contributed by atoms with E-state index in [-0.39, 0.29) is 18.9 Å². The van der Waals surface area contributed by atoms with Crippen molar-refractivity contribution < 1.29 is 23.1 Å². The van der Waals surface area contributed by atoms with Crippen molar-refractivity contribution in [1.82, 2.24) is 10.6 Å². The van der Waals surface area contributed by atoms with Crippen LogP contribution in [0.3, 0.4) is 0 Å². The van der Waals surface area contributed by atoms with Gasteiger partial charge in [-0.1, -0.05) is 32.0 Å². The van der Waals surface area contributed by atoms with Crippen molar-refractivity contribution in [2.75, 3.05) is 6.54 Å². The van der Waals surface area contributed by atoms with Crippen molar-refractivity contribution in [3.8, 4) is 11.1 Å². The van der Waals surface area contributed by atoms with E-state index < -0.39 is 23.8 Å². The van der Waals surface area contributed by atoms with Crippen LogP contribution in [0.1, 0.15) is 37.5 Å². The molecule has 0 fully saturated rings. The summed E-state index contributed by atoms with van der Waals surface area (Å²) in [5.74, 6) is -1.20. The van der Waals surface area contributed by atoms with Crippen molar-refractivity contribution in [3.05, 3.63) is 83.3 Å². The molecule has 0 spiro atoms. The summed E-state index contributed by atoms with van der Waals surface area (Å²) in [6, 6.07) is 10.8. The third kappa shape index (κ3) is 7.50. The van der Waals surface area contributed by atoms with Crippen LogP contribution in [0.5, 0.6) is 0 Å². The zero-order valence-electron chi connectivity index (χ0n) is 19.8. The number of carbonyl (C=O) groups is 1. The lowest BCUT2D eigenvalue weighted by Crippen LogP contribution is -2.48. The fraction of sp³-hybridized carbons (Fsp3) is 0.370. The van der Waals surface area contributed by atoms with E-state index >= 15 is 0 Å². The number of hydrogen-bond donors (Lipinski definition) is 3. The summed E-state index contributed by atoms with van der Waals surface area (Å²) in [6.07, 6.45) is 3.41. The maximum atomic E-state index is 13.6. The SMILES string of the molecule is CC(=O)N[C@@H](Cc1cc(F)cc(F)c1)[C@H](O)CNCc1cc(CC(C)C)ccc1-c1ccoc1. The quantitative estimate of drug-likeness (QED) is 0.382. The van der Waals surface area contributed by atoms with Gasteiger partial charge in [-0.3, -0.25) is 4.79 Å². The number of rotatable bonds is 11. The maximum absolute atomic E-state index is 13.6. The topological polar surface area (TPSA) is 74.5 Å². The largest absolute Gasteiger partial charge is 0.472 e. The number of halogens is 2. The van der Waals surface area contributed by atoms with Gasteiger partial charge in [-0.05, 0) is 59.2 Å². The molecule has 0 saturated carbocycles. The Kier molecular flexibility index (Phi) is 8.96. The van der Waals surface area contributed by atoms with Gasteiger partial charge in [0, 0.05) is 31.6 Å². The Labute approximate surface area is 199 Å². The van der Waals surface area contributed by atoms with Gasteiger partial charge in [-0.25, -0.2) is 8.78 Å². The molecule has 0 aliphatic rings. The van der Waals surface area contributed by atoms with Gasteiger partial charge in [-0.2, -0.15) is 0 Å². The summed E-state index contributed by atoms with van der Waals surface area (Å²) < 4.78 is 32.4. The van der Waals surface area contributed by atoms with E-state index in [9.17, 15) is 18.7 Å². The third-order valence-corrected chi connectivity index (χ3v) is 5.55. The van der Waals surface area contributed by atoms with Crippen LogP contribution in [0.15, 0.2) is 59.4 Å². The zero-order valence-corrected chi connectivity index (χ0v) is 19.8. The van der Waals surface area contributed by atoms with Gasteiger partial charge >= 0.3 is 0 Å². The second kappa shape index (κ2) is 11.9. The third-order valence-electron chi connectivity index (χ3n) is 5.55. The first-order valence-corrected chi connectivity index (χ1v) is 11.5. The van der Waals surface area contributed by atoms with E-state index in [1.807, 2.05) is 6.07 Å². The first-order valence-electron chi connectivity index (χ1n) is 11.5. The molecule has 0 radical (unpaired) electrons. The Balaban J connectivity index is 1.70. The molecule has 0 unspecified atom stereocenters. The van der Waals surface area contributed by atoms with Gasteiger partial charge < -0.3 is 20.2 Å². The summed E-state index contributed by atoms with van der Waals surface area (Å²) in [5.41, 5.74) is 4.66. The lowest BCUT2D eigenvalue weighted by molar-refractivity contribution is -0.120. The molecule has 0 bridgehead atoms. The number of aliphatic hydroxyl groups excluding tert-OH is 1. The van der Waals surface area contributed by atoms with Crippen molar-refractivity contribution in [1.29, 1.82) is 0 Å². The van der Waals surface area contributed by atoms with Crippen LogP contribution >= 0.6 is 0 Å². The molecule has 3 aromatic rings. The molecule has 3 N–H and O–H groups in total. The molecular weight excluding hydrogens is 438 g/mol. The highest BCUT2D eigenvalue weighted by Crippen LogP contribution is 2.26. The number of aliphatic hydroxyl groups is 1. The average Bonchev–Trinajstić information content (AvgIpc) is 3.26. The van der Waals surface area contributed by atoms with E-state index in [4.69, 9.17) is 4.42 Å².